The standard InChI is InChI=1S/C9H12N2O2/c1-5(2)9-11-6-4-10-8(12)3-7(6)13-9/h5H,3-4H2,1-2H3,(H,10,12). The Hall–Kier alpha value is -1.32. The van der Waals surface area contributed by atoms with Crippen molar-refractivity contribution in [1.29, 1.82) is 0 Å². The van der Waals surface area contributed by atoms with Gasteiger partial charge in [0, 0.05) is 5.92 Å². The molecule has 0 aromatic carbocycles. The van der Waals surface area contributed by atoms with Gasteiger partial charge >= 0.3 is 0 Å². The molecule has 0 aliphatic carbocycles. The summed E-state index contributed by atoms with van der Waals surface area (Å²) in [5, 5.41) is 2.73. The summed E-state index contributed by atoms with van der Waals surface area (Å²) in [7, 11) is 0. The molecular weight excluding hydrogens is 168 g/mol. The summed E-state index contributed by atoms with van der Waals surface area (Å²) in [6.45, 7) is 4.55. The summed E-state index contributed by atoms with van der Waals surface area (Å²) in [5.74, 6) is 1.74. The Labute approximate surface area is 76.3 Å². The van der Waals surface area contributed by atoms with Crippen LogP contribution in [-0.4, -0.2) is 10.9 Å². The summed E-state index contributed by atoms with van der Waals surface area (Å²) in [6, 6.07) is 0. The van der Waals surface area contributed by atoms with Crippen LogP contribution in [0.4, 0.5) is 0 Å². The van der Waals surface area contributed by atoms with E-state index in [0.717, 1.165) is 17.3 Å². The average Bonchev–Trinajstić information content (AvgIpc) is 2.46. The third-order valence-electron chi connectivity index (χ3n) is 2.06. The molecule has 1 N–H and O–H groups in total. The van der Waals surface area contributed by atoms with Gasteiger partial charge < -0.3 is 9.73 Å². The Morgan fingerprint density at radius 1 is 1.54 bits per heavy atom. The summed E-state index contributed by atoms with van der Waals surface area (Å²) < 4.78 is 5.47. The average molecular weight is 180 g/mol. The van der Waals surface area contributed by atoms with E-state index in [2.05, 4.69) is 10.3 Å². The van der Waals surface area contributed by atoms with Crippen molar-refractivity contribution in [2.24, 2.45) is 0 Å². The van der Waals surface area contributed by atoms with E-state index in [1.807, 2.05) is 13.8 Å². The van der Waals surface area contributed by atoms with Gasteiger partial charge in [-0.1, -0.05) is 13.8 Å². The fourth-order valence-corrected chi connectivity index (χ4v) is 1.32. The van der Waals surface area contributed by atoms with Gasteiger partial charge in [-0.15, -0.1) is 0 Å². The van der Waals surface area contributed by atoms with E-state index in [1.54, 1.807) is 0 Å². The summed E-state index contributed by atoms with van der Waals surface area (Å²) >= 11 is 0. The minimum Gasteiger partial charge on any atom is -0.445 e. The molecule has 0 atom stereocenters. The zero-order valence-electron chi connectivity index (χ0n) is 7.76. The van der Waals surface area contributed by atoms with E-state index in [4.69, 9.17) is 4.42 Å². The van der Waals surface area contributed by atoms with Crippen molar-refractivity contribution < 1.29 is 9.21 Å². The van der Waals surface area contributed by atoms with E-state index < -0.39 is 0 Å². The molecule has 1 aromatic heterocycles. The van der Waals surface area contributed by atoms with Crippen LogP contribution >= 0.6 is 0 Å². The number of carbonyl (C=O) groups excluding carboxylic acids is 1. The first kappa shape index (κ1) is 8.29. The minimum atomic E-state index is 0.0129. The number of aromatic nitrogens is 1. The molecule has 1 amide bonds. The lowest BCUT2D eigenvalue weighted by Crippen LogP contribution is -2.29. The second-order valence-corrected chi connectivity index (χ2v) is 3.53. The first-order valence-electron chi connectivity index (χ1n) is 4.42. The van der Waals surface area contributed by atoms with Gasteiger partial charge in [-0.05, 0) is 0 Å². The summed E-state index contributed by atoms with van der Waals surface area (Å²) in [5.41, 5.74) is 0.878. The number of nitrogens with one attached hydrogen (secondary N) is 1. The van der Waals surface area contributed by atoms with Crippen LogP contribution in [-0.2, 0) is 17.8 Å². The number of hydrogen-bond donors (Lipinski definition) is 1. The van der Waals surface area contributed by atoms with Crippen molar-refractivity contribution in [1.82, 2.24) is 10.3 Å². The zero-order valence-corrected chi connectivity index (χ0v) is 7.76. The highest BCUT2D eigenvalue weighted by Gasteiger charge is 2.22. The fourth-order valence-electron chi connectivity index (χ4n) is 1.32. The molecule has 70 valence electrons. The van der Waals surface area contributed by atoms with Gasteiger partial charge in [0.2, 0.25) is 5.91 Å². The van der Waals surface area contributed by atoms with Crippen molar-refractivity contribution >= 4 is 5.91 Å². The lowest BCUT2D eigenvalue weighted by atomic mass is 10.2. The molecule has 0 spiro atoms. The van der Waals surface area contributed by atoms with Crippen molar-refractivity contribution in [3.05, 3.63) is 17.3 Å². The Morgan fingerprint density at radius 2 is 2.31 bits per heavy atom. The van der Waals surface area contributed by atoms with Gasteiger partial charge in [-0.25, -0.2) is 4.98 Å². The topological polar surface area (TPSA) is 55.1 Å². The fraction of sp³-hybridized carbons (Fsp3) is 0.556. The molecule has 0 saturated carbocycles. The Bertz CT molecular complexity index is 341. The lowest BCUT2D eigenvalue weighted by molar-refractivity contribution is -0.121. The van der Waals surface area contributed by atoms with Gasteiger partial charge in [0.05, 0.1) is 13.0 Å². The van der Waals surface area contributed by atoms with Crippen molar-refractivity contribution in [2.75, 3.05) is 0 Å². The number of oxazole rings is 1. The number of carbonyl (C=O) groups is 1. The second-order valence-electron chi connectivity index (χ2n) is 3.53. The molecule has 2 heterocycles. The van der Waals surface area contributed by atoms with Gasteiger partial charge in [-0.3, -0.25) is 4.79 Å². The van der Waals surface area contributed by atoms with Crippen LogP contribution in [0.15, 0.2) is 4.42 Å². The highest BCUT2D eigenvalue weighted by Crippen LogP contribution is 2.20. The summed E-state index contributed by atoms with van der Waals surface area (Å²) in [6.07, 6.45) is 0.328. The molecule has 1 aromatic rings. The maximum Gasteiger partial charge on any atom is 0.228 e. The highest BCUT2D eigenvalue weighted by molar-refractivity contribution is 5.79. The quantitative estimate of drug-likeness (QED) is 0.700. The van der Waals surface area contributed by atoms with E-state index in [9.17, 15) is 4.79 Å². The maximum absolute atomic E-state index is 11.0. The maximum atomic E-state index is 11.0. The highest BCUT2D eigenvalue weighted by atomic mass is 16.4. The van der Waals surface area contributed by atoms with Crippen LogP contribution in [0.5, 0.6) is 0 Å². The smallest absolute Gasteiger partial charge is 0.228 e. The van der Waals surface area contributed by atoms with Crippen molar-refractivity contribution in [2.45, 2.75) is 32.7 Å². The molecule has 13 heavy (non-hydrogen) atoms. The molecule has 0 saturated heterocycles. The molecule has 1 aliphatic rings. The molecule has 4 nitrogen and oxygen atoms in total. The largest absolute Gasteiger partial charge is 0.445 e. The lowest BCUT2D eigenvalue weighted by Gasteiger charge is -2.08. The Kier molecular flexibility index (Phi) is 1.83. The number of rotatable bonds is 1. The van der Waals surface area contributed by atoms with Crippen molar-refractivity contribution in [3.8, 4) is 0 Å². The van der Waals surface area contributed by atoms with Crippen LogP contribution in [0.3, 0.4) is 0 Å². The zero-order chi connectivity index (χ0) is 9.42. The molecule has 2 rings (SSSR count). The van der Waals surface area contributed by atoms with E-state index in [0.29, 0.717) is 13.0 Å². The first-order chi connectivity index (χ1) is 6.16. The third-order valence-corrected chi connectivity index (χ3v) is 2.06. The number of nitrogens with zero attached hydrogens (tertiary/aromatic N) is 1. The van der Waals surface area contributed by atoms with Crippen LogP contribution in [0.25, 0.3) is 0 Å². The summed E-state index contributed by atoms with van der Waals surface area (Å²) in [4.78, 5) is 15.3. The normalized spacial score (nSPS) is 15.8. The van der Waals surface area contributed by atoms with E-state index >= 15 is 0 Å². The van der Waals surface area contributed by atoms with Crippen LogP contribution in [0.1, 0.15) is 37.1 Å². The predicted octanol–water partition coefficient (Wildman–Crippen LogP) is 0.970. The Balaban J connectivity index is 2.33. The number of fused-ring (bicyclic) bond motifs is 1. The van der Waals surface area contributed by atoms with Crippen molar-refractivity contribution in [3.63, 3.8) is 0 Å². The first-order valence-corrected chi connectivity index (χ1v) is 4.42. The Morgan fingerprint density at radius 3 is 3.00 bits per heavy atom. The molecule has 0 radical (unpaired) electrons. The minimum absolute atomic E-state index is 0.0129. The number of hydrogen-bond acceptors (Lipinski definition) is 3. The molecule has 0 unspecified atom stereocenters. The van der Waals surface area contributed by atoms with Crippen LogP contribution in [0.2, 0.25) is 0 Å². The monoisotopic (exact) mass is 180 g/mol. The SMILES string of the molecule is CC(C)c1nc2c(o1)CC(=O)NC2. The van der Waals surface area contributed by atoms with Gasteiger partial charge in [-0.2, -0.15) is 0 Å². The number of amides is 1. The van der Waals surface area contributed by atoms with E-state index in [1.165, 1.54) is 0 Å². The van der Waals surface area contributed by atoms with E-state index in [-0.39, 0.29) is 11.8 Å². The molecule has 0 fully saturated rings. The van der Waals surface area contributed by atoms with Gasteiger partial charge in [0.15, 0.2) is 5.89 Å². The van der Waals surface area contributed by atoms with Crippen LogP contribution < -0.4 is 5.32 Å². The second kappa shape index (κ2) is 2.87. The molecule has 4 heteroatoms. The van der Waals surface area contributed by atoms with Gasteiger partial charge in [0.1, 0.15) is 11.5 Å². The molecular formula is C9H12N2O2. The van der Waals surface area contributed by atoms with Gasteiger partial charge in [0.25, 0.3) is 0 Å². The molecule has 0 bridgehead atoms. The third kappa shape index (κ3) is 1.43. The molecule has 1 aliphatic heterocycles. The predicted molar refractivity (Wildman–Crippen MR) is 46.1 cm³/mol. The van der Waals surface area contributed by atoms with Crippen LogP contribution in [0, 0.1) is 0 Å².